The molecule has 0 radical (unpaired) electrons. The smallest absolute Gasteiger partial charge is 0.201 e. The zero-order chi connectivity index (χ0) is 11.3. The lowest BCUT2D eigenvalue weighted by atomic mass is 10.1. The van der Waals surface area contributed by atoms with E-state index in [0.29, 0.717) is 17.3 Å². The highest BCUT2D eigenvalue weighted by Gasteiger charge is 2.16. The van der Waals surface area contributed by atoms with E-state index in [4.69, 9.17) is 0 Å². The summed E-state index contributed by atoms with van der Waals surface area (Å²) in [5.41, 5.74) is -0.999. The molecule has 1 rings (SSSR count). The van der Waals surface area contributed by atoms with Crippen molar-refractivity contribution in [3.05, 3.63) is 35.9 Å². The third kappa shape index (κ3) is 3.73. The Balaban J connectivity index is 2.57. The molecule has 0 spiro atoms. The number of ketones is 1. The van der Waals surface area contributed by atoms with Gasteiger partial charge in [0, 0.05) is 11.3 Å². The normalized spacial score (nSPS) is 12.1. The van der Waals surface area contributed by atoms with Gasteiger partial charge >= 0.3 is 0 Å². The Morgan fingerprint density at radius 1 is 1.33 bits per heavy atom. The van der Waals surface area contributed by atoms with Gasteiger partial charge < -0.3 is 15.0 Å². The van der Waals surface area contributed by atoms with Crippen molar-refractivity contribution in [2.45, 2.75) is 5.44 Å². The van der Waals surface area contributed by atoms with E-state index in [1.54, 1.807) is 30.3 Å². The molecule has 80 valence electrons. The van der Waals surface area contributed by atoms with Crippen LogP contribution < -0.4 is 5.11 Å². The number of aliphatic hydroxyl groups excluding tert-OH is 1. The topological polar surface area (TPSA) is 77.4 Å². The van der Waals surface area contributed by atoms with Crippen LogP contribution in [0.3, 0.4) is 0 Å². The van der Waals surface area contributed by atoms with E-state index in [2.05, 4.69) is 0 Å². The van der Waals surface area contributed by atoms with E-state index in [0.717, 1.165) is 0 Å². The minimum absolute atomic E-state index is 0.357. The lowest BCUT2D eigenvalue weighted by molar-refractivity contribution is -0.301. The fourth-order valence-electron chi connectivity index (χ4n) is 0.968. The van der Waals surface area contributed by atoms with Crippen molar-refractivity contribution in [3.8, 4) is 0 Å². The average Bonchev–Trinajstić information content (AvgIpc) is 2.26. The number of thioether (sulfide) groups is 1. The van der Waals surface area contributed by atoms with Gasteiger partial charge in [0.1, 0.15) is 0 Å². The molecule has 0 aliphatic carbocycles. The number of benzene rings is 1. The maximum Gasteiger partial charge on any atom is 0.201 e. The Morgan fingerprint density at radius 2 is 1.93 bits per heavy atom. The van der Waals surface area contributed by atoms with E-state index >= 15 is 0 Å². The quantitative estimate of drug-likeness (QED) is 0.548. The van der Waals surface area contributed by atoms with Crippen LogP contribution in [0.2, 0.25) is 0 Å². The van der Waals surface area contributed by atoms with Gasteiger partial charge in [-0.25, -0.2) is 0 Å². The van der Waals surface area contributed by atoms with Gasteiger partial charge in [0.05, 0.1) is 5.97 Å². The van der Waals surface area contributed by atoms with Crippen LogP contribution in [-0.2, 0) is 4.79 Å². The van der Waals surface area contributed by atoms with E-state index < -0.39 is 22.9 Å². The fraction of sp³-hybridized carbons (Fsp3) is 0.200. The number of hydrogen-bond acceptors (Lipinski definition) is 5. The monoisotopic (exact) mass is 225 g/mol. The van der Waals surface area contributed by atoms with Gasteiger partial charge in [-0.05, 0) is 0 Å². The van der Waals surface area contributed by atoms with E-state index in [9.17, 15) is 19.8 Å². The Bertz CT molecular complexity index is 350. The molecule has 0 aromatic heterocycles. The second kappa shape index (κ2) is 5.53. The van der Waals surface area contributed by atoms with Crippen LogP contribution in [0, 0.1) is 0 Å². The first-order valence-corrected chi connectivity index (χ1v) is 5.25. The van der Waals surface area contributed by atoms with Crippen LogP contribution in [0.1, 0.15) is 10.4 Å². The summed E-state index contributed by atoms with van der Waals surface area (Å²) in [5.74, 6) is -2.21. The number of aliphatic carboxylic acids is 1. The summed E-state index contributed by atoms with van der Waals surface area (Å²) in [4.78, 5) is 21.6. The van der Waals surface area contributed by atoms with Gasteiger partial charge in [0.2, 0.25) is 5.78 Å². The molecule has 1 aromatic carbocycles. The average molecular weight is 225 g/mol. The summed E-state index contributed by atoms with van der Waals surface area (Å²) in [5, 5.41) is 19.5. The maximum atomic E-state index is 11.5. The van der Waals surface area contributed by atoms with Gasteiger partial charge in [0.25, 0.3) is 0 Å². The van der Waals surface area contributed by atoms with E-state index in [1.165, 1.54) is 0 Å². The Labute approximate surface area is 90.9 Å². The molecule has 1 aromatic rings. The van der Waals surface area contributed by atoms with Crippen LogP contribution in [0.4, 0.5) is 0 Å². The molecule has 0 amide bonds. The lowest BCUT2D eigenvalue weighted by Crippen LogP contribution is -2.27. The number of carboxylic acid groups (broad SMARTS) is 1. The number of hydrogen-bond donors (Lipinski definition) is 1. The molecule has 1 atom stereocenters. The standard InChI is InChI=1S/C10H10O4S/c11-8(12)6-15-10(14)9(13)7-4-2-1-3-5-7/h1-5,10,14H,6H2,(H,11,12)/p-1/t10-/m1/s1. The van der Waals surface area contributed by atoms with Crippen LogP contribution in [-0.4, -0.2) is 28.0 Å². The van der Waals surface area contributed by atoms with Gasteiger partial charge in [-0.3, -0.25) is 4.79 Å². The zero-order valence-electron chi connectivity index (χ0n) is 7.75. The predicted octanol–water partition coefficient (Wildman–Crippen LogP) is -0.329. The highest BCUT2D eigenvalue weighted by molar-refractivity contribution is 8.01. The molecule has 0 unspecified atom stereocenters. The second-order valence-corrected chi connectivity index (χ2v) is 3.83. The summed E-state index contributed by atoms with van der Waals surface area (Å²) in [6.45, 7) is 0. The lowest BCUT2D eigenvalue weighted by Gasteiger charge is -2.09. The zero-order valence-corrected chi connectivity index (χ0v) is 8.57. The van der Waals surface area contributed by atoms with Crippen LogP contribution in [0.15, 0.2) is 30.3 Å². The molecule has 0 heterocycles. The fourth-order valence-corrected chi connectivity index (χ4v) is 1.55. The van der Waals surface area contributed by atoms with Crippen molar-refractivity contribution in [2.24, 2.45) is 0 Å². The minimum Gasteiger partial charge on any atom is -0.549 e. The molecule has 0 aliphatic heterocycles. The Kier molecular flexibility index (Phi) is 4.33. The molecule has 0 bridgehead atoms. The minimum atomic E-state index is -1.36. The number of carboxylic acids is 1. The van der Waals surface area contributed by atoms with Gasteiger partial charge in [-0.2, -0.15) is 0 Å². The van der Waals surface area contributed by atoms with Crippen molar-refractivity contribution in [2.75, 3.05) is 5.75 Å². The molecule has 4 nitrogen and oxygen atoms in total. The molecule has 0 aliphatic rings. The number of aliphatic hydroxyl groups is 1. The first kappa shape index (κ1) is 11.7. The number of rotatable bonds is 5. The van der Waals surface area contributed by atoms with E-state index in [-0.39, 0.29) is 0 Å². The third-order valence-electron chi connectivity index (χ3n) is 1.64. The second-order valence-electron chi connectivity index (χ2n) is 2.77. The summed E-state index contributed by atoms with van der Waals surface area (Å²) in [6.07, 6.45) is 0. The van der Waals surface area contributed by atoms with Gasteiger partial charge in [-0.15, -0.1) is 11.8 Å². The van der Waals surface area contributed by atoms with E-state index in [1.807, 2.05) is 0 Å². The Hall–Kier alpha value is -1.33. The summed E-state index contributed by atoms with van der Waals surface area (Å²) in [6, 6.07) is 8.21. The number of carbonyl (C=O) groups excluding carboxylic acids is 2. The largest absolute Gasteiger partial charge is 0.549 e. The molecule has 15 heavy (non-hydrogen) atoms. The Morgan fingerprint density at radius 3 is 2.47 bits per heavy atom. The highest BCUT2D eigenvalue weighted by Crippen LogP contribution is 2.13. The van der Waals surface area contributed by atoms with Crippen molar-refractivity contribution in [3.63, 3.8) is 0 Å². The first-order valence-electron chi connectivity index (χ1n) is 4.20. The molecule has 0 saturated heterocycles. The first-order chi connectivity index (χ1) is 7.11. The molecular formula is C10H9O4S-. The molecule has 0 saturated carbocycles. The SMILES string of the molecule is O=C([O-])CS[C@@H](O)C(=O)c1ccccc1. The third-order valence-corrected chi connectivity index (χ3v) is 2.57. The summed E-state index contributed by atoms with van der Waals surface area (Å²) < 4.78 is 0. The van der Waals surface area contributed by atoms with Crippen LogP contribution >= 0.6 is 11.8 Å². The predicted molar refractivity (Wildman–Crippen MR) is 54.2 cm³/mol. The van der Waals surface area contributed by atoms with Crippen molar-refractivity contribution in [1.82, 2.24) is 0 Å². The molecule has 0 fully saturated rings. The number of carbonyl (C=O) groups is 2. The van der Waals surface area contributed by atoms with Crippen molar-refractivity contribution >= 4 is 23.5 Å². The molecule has 5 heteroatoms. The summed E-state index contributed by atoms with van der Waals surface area (Å²) in [7, 11) is 0. The van der Waals surface area contributed by atoms with Crippen molar-refractivity contribution < 1.29 is 19.8 Å². The maximum absolute atomic E-state index is 11.5. The molecular weight excluding hydrogens is 216 g/mol. The van der Waals surface area contributed by atoms with Crippen molar-refractivity contribution in [1.29, 1.82) is 0 Å². The van der Waals surface area contributed by atoms with Gasteiger partial charge in [0.15, 0.2) is 5.44 Å². The summed E-state index contributed by atoms with van der Waals surface area (Å²) >= 11 is 0.631. The molecule has 1 N–H and O–H groups in total. The van der Waals surface area contributed by atoms with Crippen LogP contribution in [0.25, 0.3) is 0 Å². The van der Waals surface area contributed by atoms with Gasteiger partial charge in [-0.1, -0.05) is 30.3 Å². The highest BCUT2D eigenvalue weighted by atomic mass is 32.2. The number of Topliss-reactive ketones (excluding diaryl/α,β-unsaturated/α-hetero) is 1. The van der Waals surface area contributed by atoms with Crippen LogP contribution in [0.5, 0.6) is 0 Å².